The SMILES string of the molecule is CS[C@@H]1CC[C@H](NC(=O)NC[C@H]2COc3ccccc3C2)C1. The molecule has 0 radical (unpaired) electrons. The van der Waals surface area contributed by atoms with Crippen LogP contribution in [0.3, 0.4) is 0 Å². The van der Waals surface area contributed by atoms with Gasteiger partial charge in [0.25, 0.3) is 0 Å². The van der Waals surface area contributed by atoms with Crippen molar-refractivity contribution in [3.8, 4) is 5.75 Å². The van der Waals surface area contributed by atoms with Crippen molar-refractivity contribution in [2.45, 2.75) is 37.0 Å². The molecular formula is C17H24N2O2S. The number of urea groups is 1. The third-order valence-electron chi connectivity index (χ3n) is 4.56. The van der Waals surface area contributed by atoms with Crippen LogP contribution in [-0.2, 0) is 6.42 Å². The van der Waals surface area contributed by atoms with E-state index in [1.54, 1.807) is 0 Å². The van der Waals surface area contributed by atoms with E-state index in [2.05, 4.69) is 23.0 Å². The average Bonchev–Trinajstić information content (AvgIpc) is 3.00. The molecule has 0 spiro atoms. The summed E-state index contributed by atoms with van der Waals surface area (Å²) >= 11 is 1.90. The molecule has 3 atom stereocenters. The number of amides is 2. The molecule has 1 aromatic rings. The van der Waals surface area contributed by atoms with Gasteiger partial charge in [0.15, 0.2) is 0 Å². The molecule has 120 valence electrons. The molecule has 1 fully saturated rings. The Hall–Kier alpha value is -1.36. The highest BCUT2D eigenvalue weighted by Crippen LogP contribution is 2.28. The Morgan fingerprint density at radius 1 is 1.36 bits per heavy atom. The van der Waals surface area contributed by atoms with E-state index in [0.717, 1.165) is 25.0 Å². The molecule has 0 aromatic heterocycles. The zero-order valence-corrected chi connectivity index (χ0v) is 13.8. The molecule has 0 saturated heterocycles. The van der Waals surface area contributed by atoms with Crippen molar-refractivity contribution >= 4 is 17.8 Å². The van der Waals surface area contributed by atoms with Gasteiger partial charge in [0.2, 0.25) is 0 Å². The van der Waals surface area contributed by atoms with Gasteiger partial charge < -0.3 is 15.4 Å². The van der Waals surface area contributed by atoms with E-state index in [1.165, 1.54) is 12.0 Å². The van der Waals surface area contributed by atoms with Gasteiger partial charge in [-0.3, -0.25) is 0 Å². The fourth-order valence-electron chi connectivity index (χ4n) is 3.28. The molecule has 1 aromatic carbocycles. The van der Waals surface area contributed by atoms with E-state index in [4.69, 9.17) is 4.74 Å². The molecule has 4 nitrogen and oxygen atoms in total. The molecule has 2 aliphatic rings. The molecule has 1 aliphatic heterocycles. The van der Waals surface area contributed by atoms with Crippen LogP contribution in [0.5, 0.6) is 5.75 Å². The number of ether oxygens (including phenoxy) is 1. The standard InChI is InChI=1S/C17H24N2O2S/c1-22-15-7-6-14(9-15)19-17(20)18-10-12-8-13-4-2-3-5-16(13)21-11-12/h2-5,12,14-15H,6-11H2,1H3,(H2,18,19,20)/t12-,14-,15+/m0/s1. The third kappa shape index (κ3) is 3.88. The Morgan fingerprint density at radius 2 is 2.23 bits per heavy atom. The summed E-state index contributed by atoms with van der Waals surface area (Å²) in [6.07, 6.45) is 6.51. The van der Waals surface area contributed by atoms with Crippen LogP contribution in [0.15, 0.2) is 24.3 Å². The molecule has 1 saturated carbocycles. The summed E-state index contributed by atoms with van der Waals surface area (Å²) in [6.45, 7) is 1.34. The third-order valence-corrected chi connectivity index (χ3v) is 5.65. The first kappa shape index (κ1) is 15.5. The molecule has 3 rings (SSSR count). The first-order valence-corrected chi connectivity index (χ1v) is 9.31. The number of carbonyl (C=O) groups excluding carboxylic acids is 1. The van der Waals surface area contributed by atoms with E-state index < -0.39 is 0 Å². The molecule has 1 aliphatic carbocycles. The highest BCUT2D eigenvalue weighted by molar-refractivity contribution is 7.99. The van der Waals surface area contributed by atoms with Crippen molar-refractivity contribution in [2.75, 3.05) is 19.4 Å². The maximum atomic E-state index is 12.0. The number of rotatable bonds is 4. The van der Waals surface area contributed by atoms with Crippen LogP contribution in [0, 0.1) is 5.92 Å². The Bertz CT molecular complexity index is 523. The van der Waals surface area contributed by atoms with Crippen molar-refractivity contribution in [3.63, 3.8) is 0 Å². The summed E-state index contributed by atoms with van der Waals surface area (Å²) in [4.78, 5) is 12.0. The highest BCUT2D eigenvalue weighted by atomic mass is 32.2. The Kier molecular flexibility index (Phi) is 5.13. The number of hydrogen-bond donors (Lipinski definition) is 2. The number of carbonyl (C=O) groups is 1. The van der Waals surface area contributed by atoms with Gasteiger partial charge in [0.05, 0.1) is 6.61 Å². The lowest BCUT2D eigenvalue weighted by Gasteiger charge is -2.25. The zero-order chi connectivity index (χ0) is 15.4. The maximum Gasteiger partial charge on any atom is 0.315 e. The van der Waals surface area contributed by atoms with Gasteiger partial charge in [0, 0.05) is 23.8 Å². The highest BCUT2D eigenvalue weighted by Gasteiger charge is 2.25. The van der Waals surface area contributed by atoms with Gasteiger partial charge >= 0.3 is 6.03 Å². The largest absolute Gasteiger partial charge is 0.493 e. The number of para-hydroxylation sites is 1. The second-order valence-electron chi connectivity index (χ2n) is 6.21. The van der Waals surface area contributed by atoms with E-state index in [9.17, 15) is 4.79 Å². The summed E-state index contributed by atoms with van der Waals surface area (Å²) in [6, 6.07) is 8.43. The second kappa shape index (κ2) is 7.27. The topological polar surface area (TPSA) is 50.4 Å². The summed E-state index contributed by atoms with van der Waals surface area (Å²) in [7, 11) is 0. The van der Waals surface area contributed by atoms with Crippen LogP contribution < -0.4 is 15.4 Å². The summed E-state index contributed by atoms with van der Waals surface area (Å²) in [5.41, 5.74) is 1.24. The van der Waals surface area contributed by atoms with Crippen LogP contribution >= 0.6 is 11.8 Å². The number of nitrogens with one attached hydrogen (secondary N) is 2. The second-order valence-corrected chi connectivity index (χ2v) is 7.35. The monoisotopic (exact) mass is 320 g/mol. The van der Waals surface area contributed by atoms with Crippen molar-refractivity contribution in [1.82, 2.24) is 10.6 Å². The lowest BCUT2D eigenvalue weighted by molar-refractivity contribution is 0.210. The predicted molar refractivity (Wildman–Crippen MR) is 90.6 cm³/mol. The van der Waals surface area contributed by atoms with E-state index >= 15 is 0 Å². The molecule has 1 heterocycles. The molecule has 0 bridgehead atoms. The van der Waals surface area contributed by atoms with Crippen LogP contribution in [0.1, 0.15) is 24.8 Å². The lowest BCUT2D eigenvalue weighted by Crippen LogP contribution is -2.44. The van der Waals surface area contributed by atoms with Crippen LogP contribution in [0.4, 0.5) is 4.79 Å². The Balaban J connectivity index is 1.41. The fourth-order valence-corrected chi connectivity index (χ4v) is 4.08. The number of thioether (sulfide) groups is 1. The van der Waals surface area contributed by atoms with Crippen LogP contribution in [-0.4, -0.2) is 36.7 Å². The van der Waals surface area contributed by atoms with Crippen LogP contribution in [0.25, 0.3) is 0 Å². The first-order valence-electron chi connectivity index (χ1n) is 8.02. The smallest absolute Gasteiger partial charge is 0.315 e. The molecule has 22 heavy (non-hydrogen) atoms. The van der Waals surface area contributed by atoms with Gasteiger partial charge in [-0.1, -0.05) is 18.2 Å². The van der Waals surface area contributed by atoms with Crippen molar-refractivity contribution in [1.29, 1.82) is 0 Å². The lowest BCUT2D eigenvalue weighted by atomic mass is 9.97. The Labute approximate surface area is 136 Å². The Morgan fingerprint density at radius 3 is 3.05 bits per heavy atom. The summed E-state index contributed by atoms with van der Waals surface area (Å²) in [5, 5.41) is 6.81. The van der Waals surface area contributed by atoms with Crippen molar-refractivity contribution in [2.24, 2.45) is 5.92 Å². The maximum absolute atomic E-state index is 12.0. The first-order chi connectivity index (χ1) is 10.7. The molecule has 2 N–H and O–H groups in total. The quantitative estimate of drug-likeness (QED) is 0.897. The molecule has 2 amide bonds. The number of hydrogen-bond acceptors (Lipinski definition) is 3. The number of benzene rings is 1. The average molecular weight is 320 g/mol. The van der Waals surface area contributed by atoms with Gasteiger partial charge in [-0.15, -0.1) is 0 Å². The predicted octanol–water partition coefficient (Wildman–Crippen LogP) is 2.82. The summed E-state index contributed by atoms with van der Waals surface area (Å²) < 4.78 is 5.76. The molecule has 0 unspecified atom stereocenters. The number of fused-ring (bicyclic) bond motifs is 1. The minimum atomic E-state index is -0.0365. The van der Waals surface area contributed by atoms with Gasteiger partial charge in [-0.2, -0.15) is 11.8 Å². The fraction of sp³-hybridized carbons (Fsp3) is 0.588. The van der Waals surface area contributed by atoms with E-state index in [0.29, 0.717) is 30.4 Å². The van der Waals surface area contributed by atoms with Gasteiger partial charge in [-0.25, -0.2) is 4.79 Å². The van der Waals surface area contributed by atoms with Gasteiger partial charge in [-0.05, 0) is 43.6 Å². The van der Waals surface area contributed by atoms with Crippen molar-refractivity contribution < 1.29 is 9.53 Å². The molecular weight excluding hydrogens is 296 g/mol. The van der Waals surface area contributed by atoms with Crippen LogP contribution in [0.2, 0.25) is 0 Å². The van der Waals surface area contributed by atoms with E-state index in [1.807, 2.05) is 30.0 Å². The summed E-state index contributed by atoms with van der Waals surface area (Å²) in [5.74, 6) is 1.33. The van der Waals surface area contributed by atoms with Crippen molar-refractivity contribution in [3.05, 3.63) is 29.8 Å². The van der Waals surface area contributed by atoms with Gasteiger partial charge in [0.1, 0.15) is 5.75 Å². The minimum absolute atomic E-state index is 0.0365. The normalized spacial score (nSPS) is 26.9. The molecule has 5 heteroatoms. The van der Waals surface area contributed by atoms with E-state index in [-0.39, 0.29) is 6.03 Å². The minimum Gasteiger partial charge on any atom is -0.493 e. The zero-order valence-electron chi connectivity index (χ0n) is 13.0.